The second kappa shape index (κ2) is 8.08. The number of benzene rings is 1. The smallest absolute Gasteiger partial charge is 0.360 e. The molecule has 2 fully saturated rings. The molecule has 7 nitrogen and oxygen atoms in total. The van der Waals surface area contributed by atoms with Crippen LogP contribution < -0.4 is 4.74 Å². The summed E-state index contributed by atoms with van der Waals surface area (Å²) < 4.78 is 12.7. The van der Waals surface area contributed by atoms with Crippen molar-refractivity contribution >= 4 is 5.97 Å². The quantitative estimate of drug-likeness (QED) is 0.729. The van der Waals surface area contributed by atoms with E-state index in [0.29, 0.717) is 6.61 Å². The highest BCUT2D eigenvalue weighted by Gasteiger charge is 2.29. The van der Waals surface area contributed by atoms with Crippen molar-refractivity contribution in [3.05, 3.63) is 36.2 Å². The summed E-state index contributed by atoms with van der Waals surface area (Å²) in [6.07, 6.45) is 8.16. The number of ether oxygens (including phenoxy) is 2. The van der Waals surface area contributed by atoms with Crippen LogP contribution in [0.2, 0.25) is 0 Å². The van der Waals surface area contributed by atoms with Crippen LogP contribution in [0, 0.1) is 0 Å². The largest absolute Gasteiger partial charge is 0.490 e. The lowest BCUT2D eigenvalue weighted by molar-refractivity contribution is 0.0493. The van der Waals surface area contributed by atoms with E-state index in [-0.39, 0.29) is 11.8 Å². The average Bonchev–Trinajstić information content (AvgIpc) is 3.13. The Labute approximate surface area is 159 Å². The molecule has 0 radical (unpaired) electrons. The Morgan fingerprint density at radius 2 is 1.89 bits per heavy atom. The van der Waals surface area contributed by atoms with Gasteiger partial charge in [-0.05, 0) is 56.9 Å². The topological polar surface area (TPSA) is 69.5 Å². The van der Waals surface area contributed by atoms with Gasteiger partial charge in [0.05, 0.1) is 18.5 Å². The normalized spacial score (nSPS) is 18.9. The zero-order chi connectivity index (χ0) is 18.6. The first-order chi connectivity index (χ1) is 13.2. The van der Waals surface area contributed by atoms with Crippen LogP contribution >= 0.6 is 0 Å². The van der Waals surface area contributed by atoms with Crippen molar-refractivity contribution in [1.29, 1.82) is 0 Å². The van der Waals surface area contributed by atoms with Crippen LogP contribution in [-0.4, -0.2) is 57.7 Å². The molecule has 0 bridgehead atoms. The molecule has 1 saturated carbocycles. The van der Waals surface area contributed by atoms with Gasteiger partial charge in [-0.3, -0.25) is 0 Å². The van der Waals surface area contributed by atoms with Gasteiger partial charge in [0, 0.05) is 19.1 Å². The lowest BCUT2D eigenvalue weighted by Gasteiger charge is -2.41. The van der Waals surface area contributed by atoms with E-state index in [1.54, 1.807) is 17.8 Å². The minimum Gasteiger partial charge on any atom is -0.490 e. The van der Waals surface area contributed by atoms with Crippen molar-refractivity contribution in [2.45, 2.75) is 51.2 Å². The van der Waals surface area contributed by atoms with E-state index in [4.69, 9.17) is 9.47 Å². The van der Waals surface area contributed by atoms with Gasteiger partial charge >= 0.3 is 5.97 Å². The fourth-order valence-corrected chi connectivity index (χ4v) is 3.67. The van der Waals surface area contributed by atoms with Crippen molar-refractivity contribution < 1.29 is 14.3 Å². The number of aromatic nitrogens is 3. The van der Waals surface area contributed by atoms with E-state index >= 15 is 0 Å². The maximum absolute atomic E-state index is 11.7. The molecule has 27 heavy (non-hydrogen) atoms. The minimum atomic E-state index is -0.461. The lowest BCUT2D eigenvalue weighted by atomic mass is 9.90. The highest BCUT2D eigenvalue weighted by Crippen LogP contribution is 2.28. The van der Waals surface area contributed by atoms with Crippen molar-refractivity contribution in [2.24, 2.45) is 0 Å². The summed E-state index contributed by atoms with van der Waals surface area (Å²) in [6.45, 7) is 4.36. The maximum atomic E-state index is 11.7. The summed E-state index contributed by atoms with van der Waals surface area (Å²) in [5.74, 6) is 0.406. The lowest BCUT2D eigenvalue weighted by Crippen LogP contribution is -2.46. The van der Waals surface area contributed by atoms with E-state index in [2.05, 4.69) is 15.2 Å². The van der Waals surface area contributed by atoms with Crippen molar-refractivity contribution in [2.75, 3.05) is 19.7 Å². The maximum Gasteiger partial charge on any atom is 0.360 e. The van der Waals surface area contributed by atoms with Crippen molar-refractivity contribution in [1.82, 2.24) is 19.9 Å². The SMILES string of the molecule is CCOC(=O)c1cn(-c2ccc(OC3CCN(C4CCC4)CC3)cc2)nn1. The summed E-state index contributed by atoms with van der Waals surface area (Å²) >= 11 is 0. The van der Waals surface area contributed by atoms with Crippen LogP contribution in [0.25, 0.3) is 5.69 Å². The van der Waals surface area contributed by atoms with Gasteiger partial charge in [-0.1, -0.05) is 11.6 Å². The Kier molecular flexibility index (Phi) is 5.38. The Hall–Kier alpha value is -2.41. The molecule has 0 amide bonds. The monoisotopic (exact) mass is 370 g/mol. The van der Waals surface area contributed by atoms with Gasteiger partial charge in [0.15, 0.2) is 5.69 Å². The van der Waals surface area contributed by atoms with Gasteiger partial charge in [0.25, 0.3) is 0 Å². The fourth-order valence-electron chi connectivity index (χ4n) is 3.67. The molecule has 0 N–H and O–H groups in total. The Morgan fingerprint density at radius 3 is 2.52 bits per heavy atom. The number of likely N-dealkylation sites (tertiary alicyclic amines) is 1. The fraction of sp³-hybridized carbons (Fsp3) is 0.550. The number of hydrogen-bond donors (Lipinski definition) is 0. The molecule has 4 rings (SSSR count). The first kappa shape index (κ1) is 18.0. The third kappa shape index (κ3) is 4.13. The molecule has 2 heterocycles. The molecule has 1 aliphatic carbocycles. The Morgan fingerprint density at radius 1 is 1.15 bits per heavy atom. The number of hydrogen-bond acceptors (Lipinski definition) is 6. The Balaban J connectivity index is 1.32. The predicted octanol–water partition coefficient (Wildman–Crippen LogP) is 2.84. The van der Waals surface area contributed by atoms with Crippen LogP contribution in [0.1, 0.15) is 49.5 Å². The first-order valence-corrected chi connectivity index (χ1v) is 9.83. The molecule has 7 heteroatoms. The number of nitrogens with zero attached hydrogens (tertiary/aromatic N) is 4. The number of esters is 1. The van der Waals surface area contributed by atoms with Crippen LogP contribution in [0.5, 0.6) is 5.75 Å². The number of piperidine rings is 1. The molecule has 1 saturated heterocycles. The average molecular weight is 370 g/mol. The summed E-state index contributed by atoms with van der Waals surface area (Å²) in [4.78, 5) is 14.3. The molecule has 144 valence electrons. The first-order valence-electron chi connectivity index (χ1n) is 9.83. The third-order valence-corrected chi connectivity index (χ3v) is 5.45. The standard InChI is InChI=1S/C20H26N4O3/c1-2-26-20(25)19-14-24(22-21-19)16-6-8-17(9-7-16)27-18-10-12-23(13-11-18)15-4-3-5-15/h6-9,14-15,18H,2-5,10-13H2,1H3. The molecule has 1 aliphatic heterocycles. The van der Waals surface area contributed by atoms with Crippen LogP contribution in [0.4, 0.5) is 0 Å². The highest BCUT2D eigenvalue weighted by molar-refractivity contribution is 5.86. The molecule has 2 aliphatic rings. The van der Waals surface area contributed by atoms with Gasteiger partial charge in [-0.2, -0.15) is 0 Å². The third-order valence-electron chi connectivity index (χ3n) is 5.45. The van der Waals surface area contributed by atoms with Crippen molar-refractivity contribution in [3.63, 3.8) is 0 Å². The Bertz CT molecular complexity index is 762. The molecular weight excluding hydrogens is 344 g/mol. The van der Waals surface area contributed by atoms with Gasteiger partial charge in [0.1, 0.15) is 11.9 Å². The summed E-state index contributed by atoms with van der Waals surface area (Å²) in [5.41, 5.74) is 1.03. The predicted molar refractivity (Wildman–Crippen MR) is 100 cm³/mol. The van der Waals surface area contributed by atoms with E-state index < -0.39 is 5.97 Å². The van der Waals surface area contributed by atoms with Gasteiger partial charge in [-0.15, -0.1) is 5.10 Å². The second-order valence-corrected chi connectivity index (χ2v) is 7.20. The number of carbonyl (C=O) groups is 1. The molecule has 0 unspecified atom stereocenters. The highest BCUT2D eigenvalue weighted by atomic mass is 16.5. The molecular formula is C20H26N4O3. The van der Waals surface area contributed by atoms with Gasteiger partial charge in [-0.25, -0.2) is 9.48 Å². The van der Waals surface area contributed by atoms with Crippen LogP contribution in [-0.2, 0) is 4.74 Å². The number of carbonyl (C=O) groups excluding carboxylic acids is 1. The van der Waals surface area contributed by atoms with E-state index in [1.165, 1.54) is 19.3 Å². The number of rotatable bonds is 6. The molecule has 1 aromatic heterocycles. The van der Waals surface area contributed by atoms with Crippen LogP contribution in [0.15, 0.2) is 30.5 Å². The summed E-state index contributed by atoms with van der Waals surface area (Å²) in [7, 11) is 0. The van der Waals surface area contributed by atoms with E-state index in [9.17, 15) is 4.79 Å². The molecule has 1 aromatic carbocycles. The zero-order valence-electron chi connectivity index (χ0n) is 15.7. The van der Waals surface area contributed by atoms with Gasteiger partial charge < -0.3 is 14.4 Å². The van der Waals surface area contributed by atoms with E-state index in [0.717, 1.165) is 43.4 Å². The summed E-state index contributed by atoms with van der Waals surface area (Å²) in [5, 5.41) is 7.86. The van der Waals surface area contributed by atoms with Gasteiger partial charge in [0.2, 0.25) is 0 Å². The second-order valence-electron chi connectivity index (χ2n) is 7.20. The van der Waals surface area contributed by atoms with Crippen LogP contribution in [0.3, 0.4) is 0 Å². The van der Waals surface area contributed by atoms with E-state index in [1.807, 2.05) is 24.3 Å². The zero-order valence-corrected chi connectivity index (χ0v) is 15.7. The van der Waals surface area contributed by atoms with Crippen molar-refractivity contribution in [3.8, 4) is 11.4 Å². The molecule has 0 atom stereocenters. The molecule has 0 spiro atoms. The summed E-state index contributed by atoms with van der Waals surface area (Å²) in [6, 6.07) is 8.55. The molecule has 2 aromatic rings. The minimum absolute atomic E-state index is 0.204.